The van der Waals surface area contributed by atoms with E-state index in [0.29, 0.717) is 13.1 Å². The molecule has 0 saturated carbocycles. The van der Waals surface area contributed by atoms with Crippen molar-refractivity contribution in [3.63, 3.8) is 0 Å². The van der Waals surface area contributed by atoms with Gasteiger partial charge in [0.2, 0.25) is 5.91 Å². The molecule has 1 amide bonds. The molecule has 0 N–H and O–H groups in total. The Bertz CT molecular complexity index is 738. The van der Waals surface area contributed by atoms with Crippen LogP contribution in [-0.2, 0) is 24.4 Å². The fraction of sp³-hybridized carbons (Fsp3) is 0.462. The number of carbonyl (C=O) groups excluding carboxylic acids is 1. The predicted octanol–water partition coefficient (Wildman–Crippen LogP) is 1.74. The van der Waals surface area contributed by atoms with Crippen molar-refractivity contribution in [2.75, 3.05) is 7.05 Å². The van der Waals surface area contributed by atoms with E-state index < -0.39 is 4.92 Å². The topological polar surface area (TPSA) is 99.1 Å². The van der Waals surface area contributed by atoms with E-state index in [1.165, 1.54) is 15.8 Å². The molecule has 23 heavy (non-hydrogen) atoms. The van der Waals surface area contributed by atoms with Gasteiger partial charge in [0.15, 0.2) is 0 Å². The van der Waals surface area contributed by atoms with Crippen molar-refractivity contribution in [3.05, 3.63) is 38.4 Å². The Hall–Kier alpha value is -2.23. The molecule has 0 aliphatic carbocycles. The summed E-state index contributed by atoms with van der Waals surface area (Å²) in [5.74, 6) is -0.196. The van der Waals surface area contributed by atoms with Crippen LogP contribution in [0.25, 0.3) is 0 Å². The number of nitro groups is 1. The van der Waals surface area contributed by atoms with E-state index in [9.17, 15) is 14.9 Å². The molecule has 0 unspecified atom stereocenters. The second-order valence-electron chi connectivity index (χ2n) is 5.06. The van der Waals surface area contributed by atoms with Crippen LogP contribution in [0.5, 0.6) is 0 Å². The molecule has 0 aliphatic heterocycles. The van der Waals surface area contributed by atoms with Gasteiger partial charge in [-0.1, -0.05) is 0 Å². The van der Waals surface area contributed by atoms with Gasteiger partial charge in [-0.15, -0.1) is 0 Å². The number of aromatic nitrogens is 4. The highest BCUT2D eigenvalue weighted by Crippen LogP contribution is 2.18. The molecule has 0 atom stereocenters. The largest absolute Gasteiger partial charge is 0.338 e. The number of carbonyl (C=O) groups is 1. The highest BCUT2D eigenvalue weighted by atomic mass is 79.9. The third-order valence-corrected chi connectivity index (χ3v) is 4.09. The molecular formula is C13H17BrN6O3. The molecule has 2 rings (SSSR count). The van der Waals surface area contributed by atoms with Crippen molar-refractivity contribution < 1.29 is 9.72 Å². The molecule has 2 aromatic rings. The van der Waals surface area contributed by atoms with Gasteiger partial charge in [0.1, 0.15) is 18.4 Å². The van der Waals surface area contributed by atoms with Crippen molar-refractivity contribution in [1.29, 1.82) is 0 Å². The molecular weight excluding hydrogens is 368 g/mol. The van der Waals surface area contributed by atoms with Gasteiger partial charge < -0.3 is 4.90 Å². The maximum absolute atomic E-state index is 12.3. The number of likely N-dealkylation sites (N-methyl/N-ethyl adjacent to an activating group) is 1. The number of aryl methyl sites for hydroxylation is 2. The van der Waals surface area contributed by atoms with E-state index >= 15 is 0 Å². The first-order chi connectivity index (χ1) is 10.8. The molecule has 10 heteroatoms. The Morgan fingerprint density at radius 1 is 1.52 bits per heavy atom. The molecule has 9 nitrogen and oxygen atoms in total. The zero-order chi connectivity index (χ0) is 17.1. The SMILES string of the molecule is CCn1ncc(Br)c1CN(C)C(=O)Cn1cc([N+](=O)[O-])c(C)n1. The molecule has 2 aromatic heterocycles. The van der Waals surface area contributed by atoms with E-state index in [-0.39, 0.29) is 23.8 Å². The van der Waals surface area contributed by atoms with Gasteiger partial charge in [0.25, 0.3) is 0 Å². The van der Waals surface area contributed by atoms with E-state index in [2.05, 4.69) is 26.1 Å². The van der Waals surface area contributed by atoms with Gasteiger partial charge in [-0.3, -0.25) is 24.3 Å². The van der Waals surface area contributed by atoms with E-state index in [1.54, 1.807) is 24.9 Å². The number of halogens is 1. The lowest BCUT2D eigenvalue weighted by Gasteiger charge is -2.18. The molecule has 2 heterocycles. The number of hydrogen-bond donors (Lipinski definition) is 0. The predicted molar refractivity (Wildman–Crippen MR) is 85.7 cm³/mol. The van der Waals surface area contributed by atoms with Crippen LogP contribution >= 0.6 is 15.9 Å². The van der Waals surface area contributed by atoms with E-state index in [1.807, 2.05) is 6.92 Å². The highest BCUT2D eigenvalue weighted by Gasteiger charge is 2.19. The Morgan fingerprint density at radius 3 is 2.78 bits per heavy atom. The number of nitrogens with zero attached hydrogens (tertiary/aromatic N) is 6. The second-order valence-corrected chi connectivity index (χ2v) is 5.91. The van der Waals surface area contributed by atoms with Gasteiger partial charge in [0.05, 0.1) is 27.8 Å². The van der Waals surface area contributed by atoms with Crippen molar-refractivity contribution in [2.24, 2.45) is 0 Å². The van der Waals surface area contributed by atoms with Gasteiger partial charge in [-0.2, -0.15) is 10.2 Å². The summed E-state index contributed by atoms with van der Waals surface area (Å²) in [7, 11) is 1.67. The zero-order valence-electron chi connectivity index (χ0n) is 13.1. The van der Waals surface area contributed by atoms with Crippen LogP contribution < -0.4 is 0 Å². The molecule has 0 radical (unpaired) electrons. The minimum absolute atomic E-state index is 0.0525. The van der Waals surface area contributed by atoms with Crippen LogP contribution in [0, 0.1) is 17.0 Å². The van der Waals surface area contributed by atoms with Crippen LogP contribution in [0.1, 0.15) is 18.3 Å². The minimum Gasteiger partial charge on any atom is -0.338 e. The summed E-state index contributed by atoms with van der Waals surface area (Å²) in [6.07, 6.45) is 2.96. The first-order valence-electron chi connectivity index (χ1n) is 6.96. The smallest absolute Gasteiger partial charge is 0.309 e. The van der Waals surface area contributed by atoms with Crippen molar-refractivity contribution in [2.45, 2.75) is 33.5 Å². The summed E-state index contributed by atoms with van der Waals surface area (Å²) in [6, 6.07) is 0. The van der Waals surface area contributed by atoms with Crippen LogP contribution in [0.3, 0.4) is 0 Å². The van der Waals surface area contributed by atoms with Gasteiger partial charge in [-0.25, -0.2) is 0 Å². The third-order valence-electron chi connectivity index (χ3n) is 3.42. The molecule has 0 fully saturated rings. The molecule has 0 saturated heterocycles. The average Bonchev–Trinajstić information content (AvgIpc) is 3.02. The lowest BCUT2D eigenvalue weighted by atomic mass is 10.3. The molecule has 124 valence electrons. The Labute approximate surface area is 141 Å². The number of amides is 1. The first kappa shape index (κ1) is 17.1. The number of hydrogen-bond acceptors (Lipinski definition) is 5. The lowest BCUT2D eigenvalue weighted by molar-refractivity contribution is -0.385. The average molecular weight is 385 g/mol. The van der Waals surface area contributed by atoms with Crippen LogP contribution in [-0.4, -0.2) is 42.3 Å². The van der Waals surface area contributed by atoms with Gasteiger partial charge in [-0.05, 0) is 29.8 Å². The zero-order valence-corrected chi connectivity index (χ0v) is 14.6. The Kier molecular flexibility index (Phi) is 5.14. The van der Waals surface area contributed by atoms with E-state index in [4.69, 9.17) is 0 Å². The van der Waals surface area contributed by atoms with Gasteiger partial charge in [0, 0.05) is 13.6 Å². The molecule has 0 aromatic carbocycles. The summed E-state index contributed by atoms with van der Waals surface area (Å²) in [4.78, 5) is 24.1. The highest BCUT2D eigenvalue weighted by molar-refractivity contribution is 9.10. The van der Waals surface area contributed by atoms with Gasteiger partial charge >= 0.3 is 5.69 Å². The fourth-order valence-corrected chi connectivity index (χ4v) is 2.58. The van der Waals surface area contributed by atoms with Crippen LogP contribution in [0.15, 0.2) is 16.9 Å². The Morgan fingerprint density at radius 2 is 2.22 bits per heavy atom. The standard InChI is InChI=1S/C13H17BrN6O3/c1-4-19-12(10(14)5-15-19)6-17(3)13(21)8-18-7-11(20(22)23)9(2)16-18/h5,7H,4,6,8H2,1-3H3. The molecule has 0 spiro atoms. The molecule has 0 bridgehead atoms. The summed E-state index contributed by atoms with van der Waals surface area (Å²) in [5, 5.41) is 19.0. The summed E-state index contributed by atoms with van der Waals surface area (Å²) in [6.45, 7) is 4.54. The maximum atomic E-state index is 12.3. The minimum atomic E-state index is -0.510. The quantitative estimate of drug-likeness (QED) is 0.557. The third kappa shape index (κ3) is 3.76. The Balaban J connectivity index is 2.07. The van der Waals surface area contributed by atoms with Crippen molar-refractivity contribution >= 4 is 27.5 Å². The first-order valence-corrected chi connectivity index (χ1v) is 7.75. The normalized spacial score (nSPS) is 10.8. The number of rotatable bonds is 6. The van der Waals surface area contributed by atoms with Crippen LogP contribution in [0.2, 0.25) is 0 Å². The van der Waals surface area contributed by atoms with Crippen molar-refractivity contribution in [3.8, 4) is 0 Å². The maximum Gasteiger partial charge on any atom is 0.309 e. The summed E-state index contributed by atoms with van der Waals surface area (Å²) >= 11 is 3.42. The van der Waals surface area contributed by atoms with Crippen LogP contribution in [0.4, 0.5) is 5.69 Å². The summed E-state index contributed by atoms with van der Waals surface area (Å²) in [5.41, 5.74) is 1.09. The van der Waals surface area contributed by atoms with Crippen molar-refractivity contribution in [1.82, 2.24) is 24.5 Å². The van der Waals surface area contributed by atoms with E-state index in [0.717, 1.165) is 10.2 Å². The summed E-state index contributed by atoms with van der Waals surface area (Å²) < 4.78 is 3.93. The fourth-order valence-electron chi connectivity index (χ4n) is 2.16. The molecule has 0 aliphatic rings. The monoisotopic (exact) mass is 384 g/mol. The second kappa shape index (κ2) is 6.90. The lowest BCUT2D eigenvalue weighted by Crippen LogP contribution is -2.31.